The van der Waals surface area contributed by atoms with E-state index in [0.717, 1.165) is 17.8 Å². The predicted molar refractivity (Wildman–Crippen MR) is 93.3 cm³/mol. The Labute approximate surface area is 142 Å². The van der Waals surface area contributed by atoms with Gasteiger partial charge in [-0.05, 0) is 19.1 Å². The molecule has 0 aromatic carbocycles. The van der Waals surface area contributed by atoms with Gasteiger partial charge in [0.25, 0.3) is 11.5 Å². The molecule has 2 heterocycles. The van der Waals surface area contributed by atoms with Crippen LogP contribution in [0.25, 0.3) is 0 Å². The highest BCUT2D eigenvalue weighted by molar-refractivity contribution is 7.97. The molecule has 0 saturated heterocycles. The molecule has 2 aromatic rings. The van der Waals surface area contributed by atoms with Crippen molar-refractivity contribution >= 4 is 34.1 Å². The number of aromatic nitrogens is 4. The number of H-pyrrole nitrogens is 1. The van der Waals surface area contributed by atoms with Gasteiger partial charge in [0.05, 0.1) is 5.75 Å². The fraction of sp³-hybridized carbons (Fsp3) is 0.500. The highest BCUT2D eigenvalue weighted by Crippen LogP contribution is 2.28. The zero-order chi connectivity index (χ0) is 16.8. The fourth-order valence-electron chi connectivity index (χ4n) is 2.08. The van der Waals surface area contributed by atoms with E-state index in [1.54, 1.807) is 0 Å². The third-order valence-corrected chi connectivity index (χ3v) is 4.86. The molecule has 0 bridgehead atoms. The Kier molecular flexibility index (Phi) is 6.28. The Morgan fingerprint density at radius 3 is 2.78 bits per heavy atom. The van der Waals surface area contributed by atoms with Gasteiger partial charge in [0.1, 0.15) is 16.5 Å². The van der Waals surface area contributed by atoms with E-state index >= 15 is 0 Å². The van der Waals surface area contributed by atoms with Gasteiger partial charge in [0.15, 0.2) is 0 Å². The number of rotatable bonds is 7. The second kappa shape index (κ2) is 8.21. The van der Waals surface area contributed by atoms with E-state index in [4.69, 9.17) is 0 Å². The maximum atomic E-state index is 12.2. The predicted octanol–water partition coefficient (Wildman–Crippen LogP) is 2.64. The normalized spacial score (nSPS) is 11.0. The summed E-state index contributed by atoms with van der Waals surface area (Å²) in [5.74, 6) is 0.911. The number of aromatic amines is 1. The van der Waals surface area contributed by atoms with Crippen LogP contribution in [0, 0.1) is 0 Å². The van der Waals surface area contributed by atoms with Crippen LogP contribution < -0.4 is 10.9 Å². The number of amides is 1. The highest BCUT2D eigenvalue weighted by atomic mass is 32.2. The number of carbonyl (C=O) groups is 1. The maximum absolute atomic E-state index is 12.2. The van der Waals surface area contributed by atoms with Crippen molar-refractivity contribution in [2.24, 2.45) is 0 Å². The van der Waals surface area contributed by atoms with Crippen LogP contribution in [0.5, 0.6) is 0 Å². The number of hydrogen-bond donors (Lipinski definition) is 2. The zero-order valence-electron chi connectivity index (χ0n) is 13.3. The second-order valence-electron chi connectivity index (χ2n) is 4.92. The number of nitrogens with zero attached hydrogens (tertiary/aromatic N) is 3. The zero-order valence-corrected chi connectivity index (χ0v) is 14.9. The minimum Gasteiger partial charge on any atom is -0.310 e. The quantitative estimate of drug-likeness (QED) is 0.793. The molecule has 124 valence electrons. The van der Waals surface area contributed by atoms with Crippen molar-refractivity contribution < 1.29 is 4.79 Å². The summed E-state index contributed by atoms with van der Waals surface area (Å²) in [6, 6.07) is 1.18. The SMILES string of the molecule is CCC(CC)c1nnc(NC(=O)c2cc(=O)[nH]c(CSC)n2)s1. The molecular weight excluding hydrogens is 334 g/mol. The van der Waals surface area contributed by atoms with Crippen molar-refractivity contribution in [2.75, 3.05) is 11.6 Å². The largest absolute Gasteiger partial charge is 0.310 e. The third-order valence-electron chi connectivity index (χ3n) is 3.30. The lowest BCUT2D eigenvalue weighted by atomic mass is 10.1. The Bertz CT molecular complexity index is 724. The molecule has 23 heavy (non-hydrogen) atoms. The first-order valence-electron chi connectivity index (χ1n) is 7.31. The molecule has 0 aliphatic rings. The molecular formula is C14H19N5O2S2. The van der Waals surface area contributed by atoms with Gasteiger partial charge in [0, 0.05) is 12.0 Å². The molecule has 2 N–H and O–H groups in total. The summed E-state index contributed by atoms with van der Waals surface area (Å²) in [5.41, 5.74) is -0.263. The van der Waals surface area contributed by atoms with Gasteiger partial charge >= 0.3 is 0 Å². The van der Waals surface area contributed by atoms with Crippen molar-refractivity contribution in [2.45, 2.75) is 38.4 Å². The van der Waals surface area contributed by atoms with Gasteiger partial charge in [-0.2, -0.15) is 11.8 Å². The lowest BCUT2D eigenvalue weighted by Crippen LogP contribution is -2.20. The van der Waals surface area contributed by atoms with Crippen LogP contribution in [0.1, 0.15) is 53.9 Å². The van der Waals surface area contributed by atoms with Crippen molar-refractivity contribution in [3.05, 3.63) is 32.9 Å². The molecule has 2 rings (SSSR count). The summed E-state index contributed by atoms with van der Waals surface area (Å²) in [6.07, 6.45) is 3.85. The number of nitrogens with one attached hydrogen (secondary N) is 2. The van der Waals surface area contributed by atoms with Gasteiger partial charge in [-0.25, -0.2) is 4.98 Å². The van der Waals surface area contributed by atoms with E-state index in [1.165, 1.54) is 29.2 Å². The second-order valence-corrected chi connectivity index (χ2v) is 6.80. The van der Waals surface area contributed by atoms with Gasteiger partial charge in [-0.1, -0.05) is 25.2 Å². The number of carbonyl (C=O) groups excluding carboxylic acids is 1. The summed E-state index contributed by atoms with van der Waals surface area (Å²) in [6.45, 7) is 4.20. The van der Waals surface area contributed by atoms with Crippen LogP contribution in [-0.2, 0) is 5.75 Å². The topological polar surface area (TPSA) is 101 Å². The molecule has 2 aromatic heterocycles. The molecule has 1 amide bonds. The summed E-state index contributed by atoms with van der Waals surface area (Å²) in [4.78, 5) is 30.6. The number of thioether (sulfide) groups is 1. The van der Waals surface area contributed by atoms with E-state index in [9.17, 15) is 9.59 Å². The first-order chi connectivity index (χ1) is 11.1. The summed E-state index contributed by atoms with van der Waals surface area (Å²) < 4.78 is 0. The summed E-state index contributed by atoms with van der Waals surface area (Å²) >= 11 is 2.87. The van der Waals surface area contributed by atoms with Gasteiger partial charge in [-0.15, -0.1) is 10.2 Å². The molecule has 0 aliphatic heterocycles. The molecule has 0 spiro atoms. The average molecular weight is 353 g/mol. The standard InChI is InChI=1S/C14H19N5O2S2/c1-4-8(5-2)13-18-19-14(23-13)17-12(21)9-6-11(20)16-10(15-9)7-22-3/h6,8H,4-5,7H2,1-3H3,(H,15,16,20)(H,17,19,21). The number of hydrogen-bond acceptors (Lipinski definition) is 7. The van der Waals surface area contributed by atoms with E-state index < -0.39 is 5.91 Å². The molecule has 0 atom stereocenters. The summed E-state index contributed by atoms with van der Waals surface area (Å²) in [5, 5.41) is 12.1. The molecule has 9 heteroatoms. The Hall–Kier alpha value is -1.74. The Morgan fingerprint density at radius 1 is 1.39 bits per heavy atom. The number of anilines is 1. The Morgan fingerprint density at radius 2 is 2.13 bits per heavy atom. The monoisotopic (exact) mass is 353 g/mol. The van der Waals surface area contributed by atoms with E-state index in [-0.39, 0.29) is 11.3 Å². The Balaban J connectivity index is 2.14. The van der Waals surface area contributed by atoms with Gasteiger partial charge in [0.2, 0.25) is 5.13 Å². The molecule has 7 nitrogen and oxygen atoms in total. The molecule has 0 saturated carbocycles. The average Bonchev–Trinajstić information content (AvgIpc) is 2.96. The van der Waals surface area contributed by atoms with E-state index in [0.29, 0.717) is 22.6 Å². The summed E-state index contributed by atoms with van der Waals surface area (Å²) in [7, 11) is 0. The van der Waals surface area contributed by atoms with Gasteiger partial charge < -0.3 is 4.98 Å². The maximum Gasteiger partial charge on any atom is 0.276 e. The highest BCUT2D eigenvalue weighted by Gasteiger charge is 2.16. The van der Waals surface area contributed by atoms with Crippen LogP contribution in [0.15, 0.2) is 10.9 Å². The van der Waals surface area contributed by atoms with Crippen molar-refractivity contribution in [3.63, 3.8) is 0 Å². The molecule has 0 unspecified atom stereocenters. The lowest BCUT2D eigenvalue weighted by Gasteiger charge is -2.05. The van der Waals surface area contributed by atoms with E-state index in [1.807, 2.05) is 6.26 Å². The fourth-order valence-corrected chi connectivity index (χ4v) is 3.49. The first kappa shape index (κ1) is 17.6. The van der Waals surface area contributed by atoms with Crippen LogP contribution in [0.4, 0.5) is 5.13 Å². The lowest BCUT2D eigenvalue weighted by molar-refractivity contribution is 0.102. The van der Waals surface area contributed by atoms with Crippen LogP contribution in [0.3, 0.4) is 0 Å². The smallest absolute Gasteiger partial charge is 0.276 e. The van der Waals surface area contributed by atoms with Crippen LogP contribution >= 0.6 is 23.1 Å². The van der Waals surface area contributed by atoms with Crippen LogP contribution in [-0.4, -0.2) is 32.3 Å². The molecule has 0 aliphatic carbocycles. The van der Waals surface area contributed by atoms with Crippen molar-refractivity contribution in [3.8, 4) is 0 Å². The first-order valence-corrected chi connectivity index (χ1v) is 9.52. The van der Waals surface area contributed by atoms with Crippen molar-refractivity contribution in [1.29, 1.82) is 0 Å². The minimum atomic E-state index is -0.453. The minimum absolute atomic E-state index is 0.0806. The van der Waals surface area contributed by atoms with Crippen molar-refractivity contribution in [1.82, 2.24) is 20.2 Å². The van der Waals surface area contributed by atoms with Gasteiger partial charge in [-0.3, -0.25) is 14.9 Å². The molecule has 0 radical (unpaired) electrons. The van der Waals surface area contributed by atoms with Crippen LogP contribution in [0.2, 0.25) is 0 Å². The third kappa shape index (κ3) is 4.61. The molecule has 0 fully saturated rings. The van der Waals surface area contributed by atoms with E-state index in [2.05, 4.69) is 39.3 Å².